The highest BCUT2D eigenvalue weighted by Crippen LogP contribution is 2.22. The number of carbonyl (C=O) groups excluding carboxylic acids is 1. The van der Waals surface area contributed by atoms with Crippen molar-refractivity contribution in [1.29, 1.82) is 0 Å². The summed E-state index contributed by atoms with van der Waals surface area (Å²) in [6.07, 6.45) is 0. The fourth-order valence-electron chi connectivity index (χ4n) is 1.39. The van der Waals surface area contributed by atoms with E-state index in [4.69, 9.17) is 15.2 Å². The third-order valence-corrected chi connectivity index (χ3v) is 2.46. The molecule has 5 nitrogen and oxygen atoms in total. The number of nitrogen functional groups attached to an aromatic ring is 1. The van der Waals surface area contributed by atoms with Crippen molar-refractivity contribution in [3.8, 4) is 5.75 Å². The molecule has 94 valence electrons. The molecule has 2 N–H and O–H groups in total. The molecule has 0 aliphatic rings. The van der Waals surface area contributed by atoms with Crippen LogP contribution in [0.3, 0.4) is 0 Å². The maximum Gasteiger partial charge on any atom is 0.253 e. The first kappa shape index (κ1) is 13.3. The van der Waals surface area contributed by atoms with Gasteiger partial charge in [0.15, 0.2) is 0 Å². The fourth-order valence-corrected chi connectivity index (χ4v) is 1.39. The molecule has 1 aromatic carbocycles. The van der Waals surface area contributed by atoms with E-state index in [1.165, 1.54) is 7.11 Å². The second kappa shape index (κ2) is 6.10. The van der Waals surface area contributed by atoms with Crippen LogP contribution in [0.25, 0.3) is 0 Å². The SMILES string of the molecule is COCCN(C)C(=O)c1ccc(N)c(OC)c1. The van der Waals surface area contributed by atoms with Crippen molar-refractivity contribution >= 4 is 11.6 Å². The van der Waals surface area contributed by atoms with Crippen molar-refractivity contribution in [3.63, 3.8) is 0 Å². The molecule has 1 rings (SSSR count). The lowest BCUT2D eigenvalue weighted by atomic mass is 10.1. The molecular formula is C12H18N2O3. The number of carbonyl (C=O) groups is 1. The van der Waals surface area contributed by atoms with Crippen LogP contribution in [0.4, 0.5) is 5.69 Å². The Morgan fingerprint density at radius 3 is 2.71 bits per heavy atom. The van der Waals surface area contributed by atoms with E-state index < -0.39 is 0 Å². The molecule has 0 aromatic heterocycles. The monoisotopic (exact) mass is 238 g/mol. The van der Waals surface area contributed by atoms with Gasteiger partial charge < -0.3 is 20.1 Å². The van der Waals surface area contributed by atoms with Gasteiger partial charge >= 0.3 is 0 Å². The summed E-state index contributed by atoms with van der Waals surface area (Å²) in [4.78, 5) is 13.6. The van der Waals surface area contributed by atoms with Gasteiger partial charge in [-0.2, -0.15) is 0 Å². The van der Waals surface area contributed by atoms with Crippen LogP contribution in [0.1, 0.15) is 10.4 Å². The van der Waals surface area contributed by atoms with Crippen molar-refractivity contribution < 1.29 is 14.3 Å². The number of rotatable bonds is 5. The summed E-state index contributed by atoms with van der Waals surface area (Å²) in [5, 5.41) is 0. The molecule has 0 fully saturated rings. The number of ether oxygens (including phenoxy) is 2. The molecule has 5 heteroatoms. The van der Waals surface area contributed by atoms with Crippen LogP contribution < -0.4 is 10.5 Å². The van der Waals surface area contributed by atoms with E-state index in [0.717, 1.165) is 0 Å². The van der Waals surface area contributed by atoms with Crippen LogP contribution >= 0.6 is 0 Å². The predicted molar refractivity (Wildman–Crippen MR) is 66.2 cm³/mol. The second-order valence-electron chi connectivity index (χ2n) is 3.68. The quantitative estimate of drug-likeness (QED) is 0.777. The lowest BCUT2D eigenvalue weighted by Gasteiger charge is -2.17. The molecule has 1 aromatic rings. The molecule has 1 amide bonds. The lowest BCUT2D eigenvalue weighted by molar-refractivity contribution is 0.0744. The standard InChI is InChI=1S/C12H18N2O3/c1-14(6-7-16-2)12(15)9-4-5-10(13)11(8-9)17-3/h4-5,8H,6-7,13H2,1-3H3. The highest BCUT2D eigenvalue weighted by Gasteiger charge is 2.13. The van der Waals surface area contributed by atoms with Crippen LogP contribution in [-0.2, 0) is 4.74 Å². The van der Waals surface area contributed by atoms with Crippen molar-refractivity contribution in [2.45, 2.75) is 0 Å². The summed E-state index contributed by atoms with van der Waals surface area (Å²) < 4.78 is 10.0. The van der Waals surface area contributed by atoms with E-state index in [1.54, 1.807) is 37.3 Å². The Hall–Kier alpha value is -1.75. The van der Waals surface area contributed by atoms with Gasteiger partial charge in [0.1, 0.15) is 5.75 Å². The van der Waals surface area contributed by atoms with Gasteiger partial charge in [0.25, 0.3) is 5.91 Å². The molecule has 0 heterocycles. The number of anilines is 1. The second-order valence-corrected chi connectivity index (χ2v) is 3.68. The summed E-state index contributed by atoms with van der Waals surface area (Å²) in [5.74, 6) is 0.427. The summed E-state index contributed by atoms with van der Waals surface area (Å²) in [7, 11) is 4.85. The van der Waals surface area contributed by atoms with E-state index in [9.17, 15) is 4.79 Å². The average molecular weight is 238 g/mol. The Bertz CT molecular complexity index is 393. The highest BCUT2D eigenvalue weighted by molar-refractivity contribution is 5.95. The Morgan fingerprint density at radius 2 is 2.12 bits per heavy atom. The maximum atomic E-state index is 12.0. The molecule has 0 spiro atoms. The van der Waals surface area contributed by atoms with Gasteiger partial charge in [0.05, 0.1) is 19.4 Å². The first-order valence-electron chi connectivity index (χ1n) is 5.28. The molecule has 0 radical (unpaired) electrons. The minimum atomic E-state index is -0.0830. The smallest absolute Gasteiger partial charge is 0.253 e. The minimum absolute atomic E-state index is 0.0830. The van der Waals surface area contributed by atoms with Gasteiger partial charge in [0.2, 0.25) is 0 Å². The first-order chi connectivity index (χ1) is 8.10. The fraction of sp³-hybridized carbons (Fsp3) is 0.417. The van der Waals surface area contributed by atoms with Gasteiger partial charge in [-0.15, -0.1) is 0 Å². The minimum Gasteiger partial charge on any atom is -0.495 e. The van der Waals surface area contributed by atoms with Crippen LogP contribution in [0.2, 0.25) is 0 Å². The van der Waals surface area contributed by atoms with Crippen molar-refractivity contribution in [3.05, 3.63) is 23.8 Å². The topological polar surface area (TPSA) is 64.8 Å². The summed E-state index contributed by atoms with van der Waals surface area (Å²) in [5.41, 5.74) is 6.75. The maximum absolute atomic E-state index is 12.0. The normalized spacial score (nSPS) is 10.1. The third kappa shape index (κ3) is 3.35. The Kier molecular flexibility index (Phi) is 4.78. The van der Waals surface area contributed by atoms with Crippen molar-refractivity contribution in [2.75, 3.05) is 40.2 Å². The zero-order valence-electron chi connectivity index (χ0n) is 10.4. The molecule has 0 aliphatic heterocycles. The van der Waals surface area contributed by atoms with E-state index in [-0.39, 0.29) is 5.91 Å². The predicted octanol–water partition coefficient (Wildman–Crippen LogP) is 0.996. The number of nitrogens with zero attached hydrogens (tertiary/aromatic N) is 1. The van der Waals surface area contributed by atoms with E-state index in [1.807, 2.05) is 0 Å². The zero-order chi connectivity index (χ0) is 12.8. The Labute approximate surface area is 101 Å². The first-order valence-corrected chi connectivity index (χ1v) is 5.28. The molecule has 17 heavy (non-hydrogen) atoms. The summed E-state index contributed by atoms with van der Waals surface area (Å²) in [6.45, 7) is 1.05. The van der Waals surface area contributed by atoms with Crippen LogP contribution in [0.5, 0.6) is 5.75 Å². The van der Waals surface area contributed by atoms with E-state index in [2.05, 4.69) is 0 Å². The molecular weight excluding hydrogens is 220 g/mol. The van der Waals surface area contributed by atoms with Gasteiger partial charge in [0, 0.05) is 26.3 Å². The summed E-state index contributed by atoms with van der Waals surface area (Å²) >= 11 is 0. The molecule has 0 saturated heterocycles. The van der Waals surface area contributed by atoms with Gasteiger partial charge in [-0.3, -0.25) is 4.79 Å². The number of nitrogens with two attached hydrogens (primary N) is 1. The van der Waals surface area contributed by atoms with E-state index in [0.29, 0.717) is 30.2 Å². The zero-order valence-corrected chi connectivity index (χ0v) is 10.4. The largest absolute Gasteiger partial charge is 0.495 e. The van der Waals surface area contributed by atoms with Crippen molar-refractivity contribution in [1.82, 2.24) is 4.90 Å². The van der Waals surface area contributed by atoms with Gasteiger partial charge in [-0.1, -0.05) is 0 Å². The van der Waals surface area contributed by atoms with Crippen LogP contribution in [-0.4, -0.2) is 45.2 Å². The molecule has 0 aliphatic carbocycles. The van der Waals surface area contributed by atoms with Crippen LogP contribution in [0.15, 0.2) is 18.2 Å². The number of likely N-dealkylation sites (N-methyl/N-ethyl adjacent to an activating group) is 1. The number of amides is 1. The van der Waals surface area contributed by atoms with Crippen molar-refractivity contribution in [2.24, 2.45) is 0 Å². The van der Waals surface area contributed by atoms with Gasteiger partial charge in [-0.25, -0.2) is 0 Å². The number of methoxy groups -OCH3 is 2. The Balaban J connectivity index is 2.81. The van der Waals surface area contributed by atoms with Gasteiger partial charge in [-0.05, 0) is 18.2 Å². The highest BCUT2D eigenvalue weighted by atomic mass is 16.5. The average Bonchev–Trinajstić information content (AvgIpc) is 2.35. The number of hydrogen-bond acceptors (Lipinski definition) is 4. The van der Waals surface area contributed by atoms with Crippen LogP contribution in [0, 0.1) is 0 Å². The summed E-state index contributed by atoms with van der Waals surface area (Å²) in [6, 6.07) is 4.99. The Morgan fingerprint density at radius 1 is 1.41 bits per heavy atom. The molecule has 0 atom stereocenters. The number of benzene rings is 1. The van der Waals surface area contributed by atoms with E-state index >= 15 is 0 Å². The third-order valence-electron chi connectivity index (χ3n) is 2.46. The molecule has 0 unspecified atom stereocenters. The molecule has 0 saturated carbocycles. The molecule has 0 bridgehead atoms. The lowest BCUT2D eigenvalue weighted by Crippen LogP contribution is -2.29. The number of hydrogen-bond donors (Lipinski definition) is 1.